The van der Waals surface area contributed by atoms with E-state index in [1.807, 2.05) is 6.92 Å². The molecule has 0 aromatic carbocycles. The number of nitrogens with one attached hydrogen (secondary N) is 2. The Morgan fingerprint density at radius 2 is 1.67 bits per heavy atom. The summed E-state index contributed by atoms with van der Waals surface area (Å²) in [6.07, 6.45) is -9.11. The lowest BCUT2D eigenvalue weighted by atomic mass is 9.44. The van der Waals surface area contributed by atoms with Gasteiger partial charge in [-0.15, -0.1) is 6.58 Å². The molecule has 3 amide bonds. The standard InChI is InChI=1S/C36H44Cl2F3N3O10/c1-9-33(7)15-21(52-30(49)44-27(46)19-10-11-22(42-16-19)43-31(50)54-32(4,5)6)34(8)17(2)12-13-35(18(3)25(33)53-29(48)36(39,40)41)14-20(23(45)24(34)35)51-28(47)26(37)38/h9-11,16-18,20-21,24-26H,1,12-15H2,2-8H3,(H,42,43,50)(H,44,46,49)/t17?,18-,20-,21+,24?,25-,33+,34-,35-/m0/s1. The van der Waals surface area contributed by atoms with Gasteiger partial charge in [0.25, 0.3) is 5.91 Å². The van der Waals surface area contributed by atoms with Gasteiger partial charge in [-0.3, -0.25) is 20.2 Å². The van der Waals surface area contributed by atoms with E-state index in [1.54, 1.807) is 34.6 Å². The lowest BCUT2D eigenvalue weighted by molar-refractivity contribution is -0.229. The number of rotatable bonds is 7. The molecule has 54 heavy (non-hydrogen) atoms. The summed E-state index contributed by atoms with van der Waals surface area (Å²) in [6.45, 7) is 15.5. The fourth-order valence-electron chi connectivity index (χ4n) is 8.49. The molecular weight excluding hydrogens is 762 g/mol. The number of ether oxygens (including phenoxy) is 4. The van der Waals surface area contributed by atoms with Crippen molar-refractivity contribution in [3.63, 3.8) is 0 Å². The van der Waals surface area contributed by atoms with Crippen LogP contribution >= 0.6 is 23.2 Å². The van der Waals surface area contributed by atoms with Gasteiger partial charge in [0.05, 0.1) is 5.56 Å². The molecule has 2 bridgehead atoms. The molecule has 0 saturated heterocycles. The number of carbonyl (C=O) groups excluding carboxylic acids is 6. The van der Waals surface area contributed by atoms with Crippen LogP contribution in [0.4, 0.5) is 28.6 Å². The van der Waals surface area contributed by atoms with Gasteiger partial charge in [-0.05, 0) is 69.9 Å². The summed E-state index contributed by atoms with van der Waals surface area (Å²) in [4.78, 5) is 80.6. The van der Waals surface area contributed by atoms with E-state index >= 15 is 0 Å². The normalized spacial score (nSPS) is 32.3. The van der Waals surface area contributed by atoms with E-state index in [4.69, 9.17) is 42.1 Å². The highest BCUT2D eigenvalue weighted by atomic mass is 35.5. The number of imide groups is 1. The SMILES string of the molecule is C=C[C@]1(C)C[C@@H](OC(=O)NC(=O)c2ccc(NC(=O)OC(C)(C)C)nc2)[C@]2(C)C(C)CC[C@]3(C[C@H](OC(=O)C(Cl)Cl)C(=O)C32)[C@@H](C)[C@@H]1OC(=O)C(F)(F)F. The number of alkyl halides is 5. The predicted octanol–water partition coefficient (Wildman–Crippen LogP) is 7.10. The molecule has 2 N–H and O–H groups in total. The van der Waals surface area contributed by atoms with Crippen molar-refractivity contribution >= 4 is 64.8 Å². The zero-order valence-corrected chi connectivity index (χ0v) is 32.3. The van der Waals surface area contributed by atoms with Crippen molar-refractivity contribution < 1.29 is 60.9 Å². The number of esters is 2. The van der Waals surface area contributed by atoms with Gasteiger partial charge in [-0.2, -0.15) is 13.2 Å². The van der Waals surface area contributed by atoms with Crippen LogP contribution in [0.2, 0.25) is 0 Å². The Morgan fingerprint density at radius 1 is 1.02 bits per heavy atom. The number of carbonyl (C=O) groups is 6. The van der Waals surface area contributed by atoms with Gasteiger partial charge in [0.15, 0.2) is 11.9 Å². The van der Waals surface area contributed by atoms with Crippen molar-refractivity contribution in [1.82, 2.24) is 10.3 Å². The molecule has 3 aliphatic carbocycles. The number of halogens is 5. The number of hydrogen-bond acceptors (Lipinski definition) is 11. The van der Waals surface area contributed by atoms with Crippen molar-refractivity contribution in [2.75, 3.05) is 5.32 Å². The number of pyridine rings is 1. The minimum absolute atomic E-state index is 0.0529. The monoisotopic (exact) mass is 805 g/mol. The second-order valence-corrected chi connectivity index (χ2v) is 16.8. The summed E-state index contributed by atoms with van der Waals surface area (Å²) in [5.74, 6) is -7.47. The van der Waals surface area contributed by atoms with E-state index in [-0.39, 0.29) is 36.6 Å². The van der Waals surface area contributed by atoms with E-state index < -0.39 is 98.8 Å². The molecule has 0 aliphatic heterocycles. The number of amides is 3. The minimum Gasteiger partial charge on any atom is -0.454 e. The first kappa shape index (κ1) is 42.8. The Bertz CT molecular complexity index is 1690. The Balaban J connectivity index is 1.72. The largest absolute Gasteiger partial charge is 0.490 e. The Hall–Kier alpha value is -3.92. The molecule has 13 nitrogen and oxygen atoms in total. The third-order valence-electron chi connectivity index (χ3n) is 11.3. The van der Waals surface area contributed by atoms with Crippen LogP contribution in [0.5, 0.6) is 0 Å². The molecule has 2 unspecified atom stereocenters. The maximum atomic E-state index is 14.4. The second-order valence-electron chi connectivity index (χ2n) is 15.7. The van der Waals surface area contributed by atoms with Gasteiger partial charge >= 0.3 is 30.3 Å². The maximum absolute atomic E-state index is 14.4. The highest BCUT2D eigenvalue weighted by Gasteiger charge is 2.72. The zero-order chi connectivity index (χ0) is 40.8. The molecule has 1 aromatic heterocycles. The van der Waals surface area contributed by atoms with Gasteiger partial charge in [-0.1, -0.05) is 57.0 Å². The molecule has 3 fully saturated rings. The van der Waals surface area contributed by atoms with Crippen molar-refractivity contribution in [2.45, 2.75) is 109 Å². The van der Waals surface area contributed by atoms with Gasteiger partial charge < -0.3 is 18.9 Å². The van der Waals surface area contributed by atoms with Crippen LogP contribution in [0.25, 0.3) is 0 Å². The second kappa shape index (κ2) is 15.3. The molecular formula is C36H44Cl2F3N3O10. The number of aromatic nitrogens is 1. The van der Waals surface area contributed by atoms with E-state index in [9.17, 15) is 41.9 Å². The summed E-state index contributed by atoms with van der Waals surface area (Å²) in [6, 6.07) is 2.58. The molecule has 18 heteroatoms. The van der Waals surface area contributed by atoms with Crippen molar-refractivity contribution in [3.05, 3.63) is 36.5 Å². The van der Waals surface area contributed by atoms with E-state index in [1.165, 1.54) is 25.1 Å². The van der Waals surface area contributed by atoms with Crippen LogP contribution in [0.15, 0.2) is 31.0 Å². The van der Waals surface area contributed by atoms with Crippen molar-refractivity contribution in [2.24, 2.45) is 34.0 Å². The van der Waals surface area contributed by atoms with Crippen LogP contribution in [0.1, 0.15) is 84.5 Å². The van der Waals surface area contributed by atoms with Crippen LogP contribution < -0.4 is 10.6 Å². The van der Waals surface area contributed by atoms with Crippen molar-refractivity contribution in [1.29, 1.82) is 0 Å². The summed E-state index contributed by atoms with van der Waals surface area (Å²) in [5.41, 5.74) is -4.89. The highest BCUT2D eigenvalue weighted by molar-refractivity contribution is 6.53. The molecule has 0 spiro atoms. The smallest absolute Gasteiger partial charge is 0.454 e. The number of anilines is 1. The maximum Gasteiger partial charge on any atom is 0.490 e. The predicted molar refractivity (Wildman–Crippen MR) is 187 cm³/mol. The first-order valence-electron chi connectivity index (χ1n) is 17.2. The Labute approximate surface area is 320 Å². The van der Waals surface area contributed by atoms with Gasteiger partial charge in [0.1, 0.15) is 23.6 Å². The van der Waals surface area contributed by atoms with Gasteiger partial charge in [-0.25, -0.2) is 24.2 Å². The topological polar surface area (TPSA) is 176 Å². The summed E-state index contributed by atoms with van der Waals surface area (Å²) < 4.78 is 63.0. The van der Waals surface area contributed by atoms with E-state index in [0.29, 0.717) is 6.42 Å². The highest BCUT2D eigenvalue weighted by Crippen LogP contribution is 2.68. The van der Waals surface area contributed by atoms with Crippen LogP contribution in [0.3, 0.4) is 0 Å². The fraction of sp³-hybridized carbons (Fsp3) is 0.639. The third-order valence-corrected chi connectivity index (χ3v) is 11.6. The number of Topliss-reactive ketones (excluding diaryl/α,β-unsaturated/α-hetero) is 1. The van der Waals surface area contributed by atoms with Crippen LogP contribution in [-0.4, -0.2) is 75.7 Å². The molecule has 1 heterocycles. The fourth-order valence-corrected chi connectivity index (χ4v) is 8.59. The minimum atomic E-state index is -5.37. The Morgan fingerprint density at radius 3 is 2.20 bits per heavy atom. The summed E-state index contributed by atoms with van der Waals surface area (Å²) in [7, 11) is 0. The van der Waals surface area contributed by atoms with Crippen LogP contribution in [-0.2, 0) is 33.3 Å². The quantitative estimate of drug-likeness (QED) is 0.124. The molecule has 298 valence electrons. The third kappa shape index (κ3) is 8.48. The zero-order valence-electron chi connectivity index (χ0n) is 30.8. The number of hydrogen-bond donors (Lipinski definition) is 2. The lowest BCUT2D eigenvalue weighted by Gasteiger charge is -2.61. The number of nitrogens with zero attached hydrogens (tertiary/aromatic N) is 1. The number of alkyl carbamates (subject to hydrolysis) is 1. The average Bonchev–Trinajstić information content (AvgIpc) is 3.35. The van der Waals surface area contributed by atoms with Crippen molar-refractivity contribution in [3.8, 4) is 0 Å². The lowest BCUT2D eigenvalue weighted by Crippen LogP contribution is -2.64. The summed E-state index contributed by atoms with van der Waals surface area (Å²) in [5, 5.41) is 4.53. The van der Waals surface area contributed by atoms with E-state index in [2.05, 4.69) is 22.2 Å². The van der Waals surface area contributed by atoms with Crippen LogP contribution in [0, 0.1) is 34.0 Å². The molecule has 9 atom stereocenters. The van der Waals surface area contributed by atoms with Gasteiger partial charge in [0.2, 0.25) is 4.84 Å². The van der Waals surface area contributed by atoms with E-state index in [0.717, 1.165) is 6.20 Å². The molecule has 1 aromatic rings. The number of ketones is 1. The molecule has 0 radical (unpaired) electrons. The molecule has 3 aliphatic rings. The molecule has 3 saturated carbocycles. The summed E-state index contributed by atoms with van der Waals surface area (Å²) >= 11 is 11.5. The first-order chi connectivity index (χ1) is 24.8. The first-order valence-corrected chi connectivity index (χ1v) is 18.1. The average molecular weight is 807 g/mol. The molecule has 4 rings (SSSR count). The Kier molecular flexibility index (Phi) is 12.1. The van der Waals surface area contributed by atoms with Gasteiger partial charge in [0, 0.05) is 28.9 Å².